The summed E-state index contributed by atoms with van der Waals surface area (Å²) in [5.74, 6) is -0.384. The molecule has 1 saturated heterocycles. The number of carbonyl (C=O) groups is 1. The molecule has 0 bridgehead atoms. The van der Waals surface area contributed by atoms with E-state index in [4.69, 9.17) is 5.11 Å². The predicted molar refractivity (Wildman–Crippen MR) is 113 cm³/mol. The zero-order chi connectivity index (χ0) is 21.1. The minimum Gasteiger partial charge on any atom is -0.395 e. The molecule has 7 heteroatoms. The van der Waals surface area contributed by atoms with Crippen LogP contribution in [-0.4, -0.2) is 69.9 Å². The smallest absolute Gasteiger partial charge is 0.257 e. The molecule has 156 valence electrons. The molecule has 0 spiro atoms. The first-order valence-electron chi connectivity index (χ1n) is 10.1. The van der Waals surface area contributed by atoms with Gasteiger partial charge in [0.1, 0.15) is 11.5 Å². The zero-order valence-corrected chi connectivity index (χ0v) is 17.0. The molecule has 2 heterocycles. The fourth-order valence-corrected chi connectivity index (χ4v) is 3.75. The molecule has 1 aliphatic rings. The molecule has 0 radical (unpaired) electrons. The second-order valence-electron chi connectivity index (χ2n) is 7.54. The van der Waals surface area contributed by atoms with E-state index >= 15 is 0 Å². The number of benzene rings is 2. The Kier molecular flexibility index (Phi) is 5.92. The Morgan fingerprint density at radius 2 is 1.83 bits per heavy atom. The summed E-state index contributed by atoms with van der Waals surface area (Å²) in [6, 6.07) is 13.9. The van der Waals surface area contributed by atoms with Crippen LogP contribution in [0.1, 0.15) is 15.9 Å². The number of aryl methyl sites for hydroxylation is 1. The van der Waals surface area contributed by atoms with Crippen molar-refractivity contribution in [3.63, 3.8) is 0 Å². The molecular weight excluding hydrogens is 383 g/mol. The van der Waals surface area contributed by atoms with Crippen LogP contribution in [-0.2, 0) is 0 Å². The van der Waals surface area contributed by atoms with E-state index in [1.54, 1.807) is 23.0 Å². The maximum Gasteiger partial charge on any atom is 0.257 e. The lowest BCUT2D eigenvalue weighted by molar-refractivity contribution is 0.0615. The third-order valence-corrected chi connectivity index (χ3v) is 5.40. The zero-order valence-electron chi connectivity index (χ0n) is 17.0. The van der Waals surface area contributed by atoms with Crippen molar-refractivity contribution >= 4 is 5.91 Å². The Morgan fingerprint density at radius 1 is 1.10 bits per heavy atom. The standard InChI is InChI=1S/C23H25FN4O2/c1-17-3-2-4-18(15-17)22-21(16-28(25-22)20-7-5-19(24)6-8-20)23(30)27-11-9-26(10-12-27)13-14-29/h2-8,15-16,29H,9-14H2,1H3. The number of piperazine rings is 1. The first-order chi connectivity index (χ1) is 14.5. The summed E-state index contributed by atoms with van der Waals surface area (Å²) in [6.45, 7) is 5.43. The highest BCUT2D eigenvalue weighted by molar-refractivity contribution is 6.00. The summed E-state index contributed by atoms with van der Waals surface area (Å²) >= 11 is 0. The third kappa shape index (κ3) is 4.27. The number of amides is 1. The molecular formula is C23H25FN4O2. The van der Waals surface area contributed by atoms with E-state index in [9.17, 15) is 9.18 Å². The topological polar surface area (TPSA) is 61.6 Å². The van der Waals surface area contributed by atoms with Crippen LogP contribution in [0.2, 0.25) is 0 Å². The van der Waals surface area contributed by atoms with Crippen LogP contribution in [0.25, 0.3) is 16.9 Å². The molecule has 0 atom stereocenters. The number of aromatic nitrogens is 2. The summed E-state index contributed by atoms with van der Waals surface area (Å²) in [4.78, 5) is 17.4. The second-order valence-corrected chi connectivity index (χ2v) is 7.54. The van der Waals surface area contributed by atoms with Crippen LogP contribution >= 0.6 is 0 Å². The van der Waals surface area contributed by atoms with Gasteiger partial charge in [0.2, 0.25) is 0 Å². The molecule has 1 aliphatic heterocycles. The monoisotopic (exact) mass is 408 g/mol. The van der Waals surface area contributed by atoms with Crippen LogP contribution in [0.15, 0.2) is 54.7 Å². The summed E-state index contributed by atoms with van der Waals surface area (Å²) in [6.07, 6.45) is 1.73. The van der Waals surface area contributed by atoms with Gasteiger partial charge in [0.15, 0.2) is 0 Å². The number of rotatable bonds is 5. The third-order valence-electron chi connectivity index (χ3n) is 5.40. The molecule has 0 aliphatic carbocycles. The average molecular weight is 408 g/mol. The number of nitrogens with zero attached hydrogens (tertiary/aromatic N) is 4. The average Bonchev–Trinajstić information content (AvgIpc) is 3.20. The van der Waals surface area contributed by atoms with Crippen molar-refractivity contribution in [3.05, 3.63) is 71.7 Å². The van der Waals surface area contributed by atoms with E-state index in [1.807, 2.05) is 36.1 Å². The fraction of sp³-hybridized carbons (Fsp3) is 0.304. The number of aliphatic hydroxyl groups excluding tert-OH is 1. The van der Waals surface area contributed by atoms with E-state index in [1.165, 1.54) is 12.1 Å². The van der Waals surface area contributed by atoms with Gasteiger partial charge in [-0.15, -0.1) is 0 Å². The SMILES string of the molecule is Cc1cccc(-c2nn(-c3ccc(F)cc3)cc2C(=O)N2CCN(CCO)CC2)c1. The molecule has 1 N–H and O–H groups in total. The molecule has 6 nitrogen and oxygen atoms in total. The van der Waals surface area contributed by atoms with Crippen molar-refractivity contribution in [2.75, 3.05) is 39.3 Å². The minimum atomic E-state index is -0.318. The maximum atomic E-state index is 13.4. The molecule has 1 aromatic heterocycles. The summed E-state index contributed by atoms with van der Waals surface area (Å²) in [5.41, 5.74) is 3.79. The quantitative estimate of drug-likeness (QED) is 0.705. The molecule has 30 heavy (non-hydrogen) atoms. The Morgan fingerprint density at radius 3 is 2.50 bits per heavy atom. The lowest BCUT2D eigenvalue weighted by Gasteiger charge is -2.34. The van der Waals surface area contributed by atoms with Crippen molar-refractivity contribution in [2.45, 2.75) is 6.92 Å². The number of β-amino-alcohol motifs (C(OH)–C–C–N with tert-alkyl or cyclic N) is 1. The summed E-state index contributed by atoms with van der Waals surface area (Å²) in [7, 11) is 0. The van der Waals surface area contributed by atoms with Crippen molar-refractivity contribution < 1.29 is 14.3 Å². The Labute approximate surface area is 175 Å². The number of hydrogen-bond acceptors (Lipinski definition) is 4. The van der Waals surface area contributed by atoms with Crippen LogP contribution in [0.3, 0.4) is 0 Å². The molecule has 1 fully saturated rings. The fourth-order valence-electron chi connectivity index (χ4n) is 3.75. The molecule has 3 aromatic rings. The predicted octanol–water partition coefficient (Wildman–Crippen LogP) is 2.74. The largest absolute Gasteiger partial charge is 0.395 e. The Hall–Kier alpha value is -3.03. The molecule has 4 rings (SSSR count). The highest BCUT2D eigenvalue weighted by atomic mass is 19.1. The molecule has 2 aromatic carbocycles. The van der Waals surface area contributed by atoms with Crippen molar-refractivity contribution in [1.29, 1.82) is 0 Å². The van der Waals surface area contributed by atoms with Gasteiger partial charge in [0.25, 0.3) is 5.91 Å². The number of carbonyl (C=O) groups excluding carboxylic acids is 1. The minimum absolute atomic E-state index is 0.0662. The van der Waals surface area contributed by atoms with E-state index in [2.05, 4.69) is 10.00 Å². The van der Waals surface area contributed by atoms with Gasteiger partial charge in [0.05, 0.1) is 17.9 Å². The lowest BCUT2D eigenvalue weighted by atomic mass is 10.0. The first kappa shape index (κ1) is 20.3. The van der Waals surface area contributed by atoms with Gasteiger partial charge < -0.3 is 10.0 Å². The first-order valence-corrected chi connectivity index (χ1v) is 10.1. The van der Waals surface area contributed by atoms with Crippen molar-refractivity contribution in [2.24, 2.45) is 0 Å². The summed E-state index contributed by atoms with van der Waals surface area (Å²) in [5, 5.41) is 13.8. The van der Waals surface area contributed by atoms with E-state index in [0.717, 1.165) is 24.2 Å². The number of hydrogen-bond donors (Lipinski definition) is 1. The van der Waals surface area contributed by atoms with Crippen molar-refractivity contribution in [1.82, 2.24) is 19.6 Å². The van der Waals surface area contributed by atoms with Gasteiger partial charge >= 0.3 is 0 Å². The van der Waals surface area contributed by atoms with Crippen LogP contribution in [0.4, 0.5) is 4.39 Å². The van der Waals surface area contributed by atoms with Gasteiger partial charge in [0, 0.05) is 44.5 Å². The van der Waals surface area contributed by atoms with Gasteiger partial charge in [-0.3, -0.25) is 9.69 Å². The highest BCUT2D eigenvalue weighted by Gasteiger charge is 2.26. The van der Waals surface area contributed by atoms with Crippen LogP contribution in [0, 0.1) is 12.7 Å². The molecule has 1 amide bonds. The highest BCUT2D eigenvalue weighted by Crippen LogP contribution is 2.26. The van der Waals surface area contributed by atoms with Crippen molar-refractivity contribution in [3.8, 4) is 16.9 Å². The Balaban J connectivity index is 1.68. The van der Waals surface area contributed by atoms with E-state index < -0.39 is 0 Å². The van der Waals surface area contributed by atoms with Gasteiger partial charge in [-0.2, -0.15) is 5.10 Å². The van der Waals surface area contributed by atoms with Gasteiger partial charge in [-0.25, -0.2) is 9.07 Å². The lowest BCUT2D eigenvalue weighted by Crippen LogP contribution is -2.49. The second kappa shape index (κ2) is 8.77. The van der Waals surface area contributed by atoms with E-state index in [-0.39, 0.29) is 18.3 Å². The normalized spacial score (nSPS) is 14.8. The van der Waals surface area contributed by atoms with Gasteiger partial charge in [-0.1, -0.05) is 23.8 Å². The number of aliphatic hydroxyl groups is 1. The van der Waals surface area contributed by atoms with Crippen LogP contribution in [0.5, 0.6) is 0 Å². The molecule has 0 unspecified atom stereocenters. The van der Waals surface area contributed by atoms with Gasteiger partial charge in [-0.05, 0) is 37.3 Å². The van der Waals surface area contributed by atoms with Crippen LogP contribution < -0.4 is 0 Å². The number of halogens is 1. The van der Waals surface area contributed by atoms with E-state index in [0.29, 0.717) is 36.6 Å². The summed E-state index contributed by atoms with van der Waals surface area (Å²) < 4.78 is 15.0. The Bertz CT molecular complexity index is 1020. The molecule has 0 saturated carbocycles. The maximum absolute atomic E-state index is 13.4.